The lowest BCUT2D eigenvalue weighted by molar-refractivity contribution is -0.124. The van der Waals surface area contributed by atoms with Crippen LogP contribution in [0.1, 0.15) is 26.3 Å². The number of benzene rings is 2. The van der Waals surface area contributed by atoms with E-state index in [0.29, 0.717) is 19.7 Å². The molecule has 0 unspecified atom stereocenters. The molecule has 0 aliphatic rings. The third-order valence-electron chi connectivity index (χ3n) is 6.20. The molecule has 0 aliphatic heterocycles. The van der Waals surface area contributed by atoms with Crippen LogP contribution >= 0.6 is 0 Å². The Morgan fingerprint density at radius 1 is 1.06 bits per heavy atom. The molecule has 168 valence electrons. The number of para-hydroxylation sites is 1. The van der Waals surface area contributed by atoms with Gasteiger partial charge in [-0.25, -0.2) is 0 Å². The van der Waals surface area contributed by atoms with Crippen molar-refractivity contribution in [1.29, 1.82) is 0 Å². The summed E-state index contributed by atoms with van der Waals surface area (Å²) in [6.07, 6.45) is 1.86. The largest absolute Gasteiger partial charge is 0.415 e. The smallest absolute Gasteiger partial charge is 0.246 e. The first-order chi connectivity index (χ1) is 14.6. The molecule has 1 atom stereocenters. The van der Waals surface area contributed by atoms with Gasteiger partial charge in [-0.3, -0.25) is 9.69 Å². The molecule has 0 saturated carbocycles. The minimum absolute atomic E-state index is 0.0303. The Bertz CT molecular complexity index is 831. The molecule has 0 aliphatic carbocycles. The highest BCUT2D eigenvalue weighted by Crippen LogP contribution is 2.36. The van der Waals surface area contributed by atoms with Crippen LogP contribution in [-0.4, -0.2) is 45.4 Å². The molecule has 2 rings (SSSR count). The van der Waals surface area contributed by atoms with Crippen molar-refractivity contribution in [1.82, 2.24) is 4.90 Å². The summed E-state index contributed by atoms with van der Waals surface area (Å²) in [7, 11) is -0.173. The Kier molecular flexibility index (Phi) is 8.80. The third kappa shape index (κ3) is 6.89. The van der Waals surface area contributed by atoms with Crippen LogP contribution in [0, 0.1) is 0 Å². The van der Waals surface area contributed by atoms with Crippen LogP contribution in [0.25, 0.3) is 0 Å². The van der Waals surface area contributed by atoms with E-state index in [1.165, 1.54) is 0 Å². The lowest BCUT2D eigenvalue weighted by Crippen LogP contribution is -2.53. The van der Waals surface area contributed by atoms with E-state index in [9.17, 15) is 4.79 Å². The monoisotopic (exact) mass is 438 g/mol. The second-order valence-electron chi connectivity index (χ2n) is 9.52. The predicted molar refractivity (Wildman–Crippen MR) is 134 cm³/mol. The second-order valence-corrected chi connectivity index (χ2v) is 14.3. The van der Waals surface area contributed by atoms with Crippen molar-refractivity contribution in [3.05, 3.63) is 78.9 Å². The molecule has 2 aromatic rings. The number of carbonyl (C=O) groups is 1. The number of hydrogen-bond donors (Lipinski definition) is 0. The third-order valence-corrected chi connectivity index (χ3v) is 10.7. The van der Waals surface area contributed by atoms with Crippen LogP contribution in [0.4, 0.5) is 5.69 Å². The van der Waals surface area contributed by atoms with E-state index in [1.807, 2.05) is 61.7 Å². The topological polar surface area (TPSA) is 32.8 Å². The second kappa shape index (κ2) is 10.9. The van der Waals surface area contributed by atoms with Gasteiger partial charge < -0.3 is 9.33 Å². The summed E-state index contributed by atoms with van der Waals surface area (Å²) in [5.41, 5.74) is 2.04. The van der Waals surface area contributed by atoms with E-state index >= 15 is 0 Å². The highest BCUT2D eigenvalue weighted by atomic mass is 28.4. The molecule has 0 radical (unpaired) electrons. The summed E-state index contributed by atoms with van der Waals surface area (Å²) < 4.78 is 6.54. The van der Waals surface area contributed by atoms with Gasteiger partial charge in [-0.2, -0.15) is 0 Å². The fraction of sp³-hybridized carbons (Fsp3) is 0.423. The van der Waals surface area contributed by atoms with E-state index in [4.69, 9.17) is 4.43 Å². The summed E-state index contributed by atoms with van der Waals surface area (Å²) in [5.74, 6) is 0.0303. The normalized spacial score (nSPS) is 13.1. The lowest BCUT2D eigenvalue weighted by Gasteiger charge is -2.39. The zero-order valence-electron chi connectivity index (χ0n) is 20.0. The number of hydrogen-bond acceptors (Lipinski definition) is 3. The highest BCUT2D eigenvalue weighted by Gasteiger charge is 2.39. The van der Waals surface area contributed by atoms with Gasteiger partial charge in [-0.05, 0) is 35.8 Å². The zero-order chi connectivity index (χ0) is 23.1. The average molecular weight is 439 g/mol. The van der Waals surface area contributed by atoms with E-state index in [1.54, 1.807) is 4.90 Å². The SMILES string of the molecule is C=CCN(Cc1ccccc1)[C@@H](CO[Si](C)(C)C(C)(C)C)C(=O)N(C)c1ccccc1. The molecule has 0 N–H and O–H groups in total. The average Bonchev–Trinajstić information content (AvgIpc) is 2.73. The molecule has 0 heterocycles. The van der Waals surface area contributed by atoms with E-state index < -0.39 is 14.4 Å². The Morgan fingerprint density at radius 3 is 2.13 bits per heavy atom. The van der Waals surface area contributed by atoms with E-state index in [2.05, 4.69) is 57.5 Å². The maximum Gasteiger partial charge on any atom is 0.246 e. The van der Waals surface area contributed by atoms with Crippen molar-refractivity contribution in [2.24, 2.45) is 0 Å². The minimum Gasteiger partial charge on any atom is -0.415 e. The van der Waals surface area contributed by atoms with E-state index in [0.717, 1.165) is 11.3 Å². The summed E-state index contributed by atoms with van der Waals surface area (Å²) >= 11 is 0. The van der Waals surface area contributed by atoms with Crippen molar-refractivity contribution in [3.8, 4) is 0 Å². The number of likely N-dealkylation sites (N-methyl/N-ethyl adjacent to an activating group) is 1. The van der Waals surface area contributed by atoms with Gasteiger partial charge in [0, 0.05) is 25.8 Å². The van der Waals surface area contributed by atoms with Crippen molar-refractivity contribution >= 4 is 19.9 Å². The fourth-order valence-corrected chi connectivity index (χ4v) is 4.13. The molecule has 0 spiro atoms. The van der Waals surface area contributed by atoms with Crippen LogP contribution in [0.5, 0.6) is 0 Å². The lowest BCUT2D eigenvalue weighted by atomic mass is 10.1. The number of rotatable bonds is 10. The molecule has 4 nitrogen and oxygen atoms in total. The fourth-order valence-electron chi connectivity index (χ4n) is 3.12. The van der Waals surface area contributed by atoms with Gasteiger partial charge in [0.15, 0.2) is 8.32 Å². The van der Waals surface area contributed by atoms with Crippen LogP contribution in [-0.2, 0) is 15.8 Å². The Labute approximate surface area is 189 Å². The van der Waals surface area contributed by atoms with Crippen LogP contribution in [0.15, 0.2) is 73.3 Å². The van der Waals surface area contributed by atoms with Crippen LogP contribution < -0.4 is 4.90 Å². The van der Waals surface area contributed by atoms with Crippen molar-refractivity contribution in [2.75, 3.05) is 25.1 Å². The van der Waals surface area contributed by atoms with E-state index in [-0.39, 0.29) is 10.9 Å². The van der Waals surface area contributed by atoms with Gasteiger partial charge in [0.1, 0.15) is 6.04 Å². The molecule has 31 heavy (non-hydrogen) atoms. The molecule has 0 fully saturated rings. The number of nitrogens with zero attached hydrogens (tertiary/aromatic N) is 2. The van der Waals surface area contributed by atoms with Gasteiger partial charge in [-0.15, -0.1) is 6.58 Å². The standard InChI is InChI=1S/C26H38N2O2Si/c1-8-19-28(20-22-15-11-9-12-16-22)24(21-30-31(6,7)26(2,3)4)25(29)27(5)23-17-13-10-14-18-23/h8-18,24H,1,19-21H2,2-7H3/t24-/m0/s1. The maximum atomic E-state index is 13.7. The molecule has 0 aromatic heterocycles. The van der Waals surface area contributed by atoms with Crippen molar-refractivity contribution < 1.29 is 9.22 Å². The molecular weight excluding hydrogens is 400 g/mol. The molecule has 1 amide bonds. The van der Waals surface area contributed by atoms with Gasteiger partial charge in [-0.1, -0.05) is 75.4 Å². The Balaban J connectivity index is 2.34. The first-order valence-electron chi connectivity index (χ1n) is 10.9. The zero-order valence-corrected chi connectivity index (χ0v) is 21.0. The Hall–Kier alpha value is -2.21. The summed E-state index contributed by atoms with van der Waals surface area (Å²) in [4.78, 5) is 17.6. The Morgan fingerprint density at radius 2 is 1.61 bits per heavy atom. The number of amides is 1. The quantitative estimate of drug-likeness (QED) is 0.351. The first kappa shape index (κ1) is 25.1. The van der Waals surface area contributed by atoms with Gasteiger partial charge >= 0.3 is 0 Å². The maximum absolute atomic E-state index is 13.7. The van der Waals surface area contributed by atoms with Crippen LogP contribution in [0.3, 0.4) is 0 Å². The summed E-state index contributed by atoms with van der Waals surface area (Å²) in [6.45, 7) is 16.7. The predicted octanol–water partition coefficient (Wildman–Crippen LogP) is 5.73. The van der Waals surface area contributed by atoms with Gasteiger partial charge in [0.05, 0.1) is 6.61 Å². The molecule has 2 aromatic carbocycles. The minimum atomic E-state index is -2.01. The van der Waals surface area contributed by atoms with Crippen LogP contribution in [0.2, 0.25) is 18.1 Å². The first-order valence-corrected chi connectivity index (χ1v) is 13.8. The number of anilines is 1. The van der Waals surface area contributed by atoms with Crippen molar-refractivity contribution in [3.63, 3.8) is 0 Å². The number of carbonyl (C=O) groups excluding carboxylic acids is 1. The van der Waals surface area contributed by atoms with Gasteiger partial charge in [0.25, 0.3) is 0 Å². The molecular formula is C26H38N2O2Si. The summed E-state index contributed by atoms with van der Waals surface area (Å²) in [5, 5.41) is 0.0780. The molecule has 0 saturated heterocycles. The molecule has 5 heteroatoms. The van der Waals surface area contributed by atoms with Gasteiger partial charge in [0.2, 0.25) is 5.91 Å². The van der Waals surface area contributed by atoms with Crippen molar-refractivity contribution in [2.45, 2.75) is 51.5 Å². The highest BCUT2D eigenvalue weighted by molar-refractivity contribution is 6.74. The molecule has 0 bridgehead atoms. The summed E-state index contributed by atoms with van der Waals surface area (Å²) in [6, 6.07) is 19.6.